The van der Waals surface area contributed by atoms with E-state index >= 15 is 0 Å². The summed E-state index contributed by atoms with van der Waals surface area (Å²) >= 11 is 0. The van der Waals surface area contributed by atoms with Gasteiger partial charge in [-0.1, -0.05) is 6.92 Å². The summed E-state index contributed by atoms with van der Waals surface area (Å²) in [5.74, 6) is 0.395. The van der Waals surface area contributed by atoms with Crippen LogP contribution in [0.5, 0.6) is 0 Å². The second-order valence-electron chi connectivity index (χ2n) is 4.85. The Morgan fingerprint density at radius 2 is 2.11 bits per heavy atom. The largest absolute Gasteiger partial charge is 0.368 e. The molecule has 0 bridgehead atoms. The number of nitrogens with zero attached hydrogens (tertiary/aromatic N) is 1. The molecular weight excluding hydrogens is 232 g/mol. The lowest BCUT2D eigenvalue weighted by Gasteiger charge is -2.24. The Labute approximate surface area is 109 Å². The fourth-order valence-electron chi connectivity index (χ4n) is 1.68. The molecule has 104 valence electrons. The maximum Gasteiger partial charge on any atom is 0.251 e. The van der Waals surface area contributed by atoms with Gasteiger partial charge in [-0.25, -0.2) is 0 Å². The van der Waals surface area contributed by atoms with Crippen LogP contribution < -0.4 is 5.32 Å². The van der Waals surface area contributed by atoms with Gasteiger partial charge in [-0.2, -0.15) is 0 Å². The normalized spacial score (nSPS) is 16.2. The monoisotopic (exact) mass is 256 g/mol. The molecule has 0 aromatic heterocycles. The molecule has 0 radical (unpaired) electrons. The second-order valence-corrected chi connectivity index (χ2v) is 4.85. The Morgan fingerprint density at radius 3 is 2.61 bits per heavy atom. The molecule has 1 unspecified atom stereocenters. The predicted molar refractivity (Wildman–Crippen MR) is 69.1 cm³/mol. The van der Waals surface area contributed by atoms with Gasteiger partial charge in [-0.05, 0) is 32.1 Å². The third kappa shape index (κ3) is 5.04. The summed E-state index contributed by atoms with van der Waals surface area (Å²) in [6.45, 7) is 5.10. The number of carbonyl (C=O) groups is 2. The minimum absolute atomic E-state index is 0.0962. The van der Waals surface area contributed by atoms with Crippen molar-refractivity contribution in [1.29, 1.82) is 0 Å². The lowest BCUT2D eigenvalue weighted by molar-refractivity contribution is -0.145. The van der Waals surface area contributed by atoms with Gasteiger partial charge in [0, 0.05) is 13.6 Å². The molecule has 1 rings (SSSR count). The minimum Gasteiger partial charge on any atom is -0.368 e. The van der Waals surface area contributed by atoms with Crippen molar-refractivity contribution in [2.75, 3.05) is 26.7 Å². The molecule has 0 heterocycles. The van der Waals surface area contributed by atoms with Crippen molar-refractivity contribution in [1.82, 2.24) is 10.2 Å². The van der Waals surface area contributed by atoms with Gasteiger partial charge in [-0.15, -0.1) is 0 Å². The summed E-state index contributed by atoms with van der Waals surface area (Å²) in [4.78, 5) is 25.1. The first-order chi connectivity index (χ1) is 8.58. The van der Waals surface area contributed by atoms with Crippen molar-refractivity contribution in [3.8, 4) is 0 Å². The zero-order valence-corrected chi connectivity index (χ0v) is 11.6. The molecule has 5 nitrogen and oxygen atoms in total. The Balaban J connectivity index is 2.42. The summed E-state index contributed by atoms with van der Waals surface area (Å²) in [5, 5.41) is 2.53. The van der Waals surface area contributed by atoms with Crippen molar-refractivity contribution in [3.63, 3.8) is 0 Å². The van der Waals surface area contributed by atoms with Gasteiger partial charge in [-0.3, -0.25) is 9.59 Å². The molecule has 1 fully saturated rings. The van der Waals surface area contributed by atoms with Gasteiger partial charge in [0.1, 0.15) is 6.10 Å². The van der Waals surface area contributed by atoms with Gasteiger partial charge in [0.2, 0.25) is 5.91 Å². The third-order valence-electron chi connectivity index (χ3n) is 3.05. The highest BCUT2D eigenvalue weighted by molar-refractivity contribution is 5.86. The van der Waals surface area contributed by atoms with Crippen LogP contribution in [0, 0.1) is 5.92 Å². The van der Waals surface area contributed by atoms with Gasteiger partial charge in [0.15, 0.2) is 0 Å². The molecule has 0 aromatic carbocycles. The zero-order valence-electron chi connectivity index (χ0n) is 11.6. The average Bonchev–Trinajstić information content (AvgIpc) is 3.18. The molecule has 0 spiro atoms. The number of ether oxygens (including phenoxy) is 1. The van der Waals surface area contributed by atoms with E-state index in [1.807, 2.05) is 6.92 Å². The lowest BCUT2D eigenvalue weighted by atomic mass is 10.3. The quantitative estimate of drug-likeness (QED) is 0.698. The Hall–Kier alpha value is -1.10. The topological polar surface area (TPSA) is 58.6 Å². The van der Waals surface area contributed by atoms with Crippen molar-refractivity contribution < 1.29 is 14.3 Å². The number of hydrogen-bond donors (Lipinski definition) is 1. The molecule has 18 heavy (non-hydrogen) atoms. The van der Waals surface area contributed by atoms with Gasteiger partial charge < -0.3 is 15.0 Å². The molecule has 5 heteroatoms. The second kappa shape index (κ2) is 7.36. The first kappa shape index (κ1) is 15.0. The average molecular weight is 256 g/mol. The van der Waals surface area contributed by atoms with Crippen LogP contribution in [-0.2, 0) is 14.3 Å². The van der Waals surface area contributed by atoms with E-state index in [2.05, 4.69) is 5.32 Å². The number of hydrogen-bond acceptors (Lipinski definition) is 3. The van der Waals surface area contributed by atoms with Crippen LogP contribution in [0.1, 0.15) is 33.1 Å². The van der Waals surface area contributed by atoms with E-state index in [1.165, 1.54) is 12.8 Å². The van der Waals surface area contributed by atoms with Crippen LogP contribution in [0.25, 0.3) is 0 Å². The number of likely N-dealkylation sites (N-methyl/N-ethyl adjacent to an activating group) is 1. The van der Waals surface area contributed by atoms with Crippen LogP contribution in [-0.4, -0.2) is 49.6 Å². The van der Waals surface area contributed by atoms with E-state index in [1.54, 1.807) is 18.9 Å². The van der Waals surface area contributed by atoms with Gasteiger partial charge in [0.25, 0.3) is 5.91 Å². The molecule has 0 aliphatic heterocycles. The molecule has 0 aromatic rings. The summed E-state index contributed by atoms with van der Waals surface area (Å²) in [6, 6.07) is 0. The number of amides is 2. The number of carbonyl (C=O) groups excluding carboxylic acids is 2. The van der Waals surface area contributed by atoms with E-state index in [4.69, 9.17) is 4.74 Å². The maximum absolute atomic E-state index is 12.1. The number of rotatable bonds is 8. The van der Waals surface area contributed by atoms with E-state index in [0.29, 0.717) is 19.1 Å². The lowest BCUT2D eigenvalue weighted by Crippen LogP contribution is -2.44. The van der Waals surface area contributed by atoms with Crippen molar-refractivity contribution in [2.45, 2.75) is 39.2 Å². The molecule has 1 aliphatic rings. The molecule has 2 amide bonds. The van der Waals surface area contributed by atoms with E-state index in [-0.39, 0.29) is 18.4 Å². The SMILES string of the molecule is CCCN(CC(=O)NC)C(=O)C(C)OCC1CC1. The molecule has 1 N–H and O–H groups in total. The zero-order chi connectivity index (χ0) is 13.5. The van der Waals surface area contributed by atoms with Crippen LogP contribution in [0.4, 0.5) is 0 Å². The van der Waals surface area contributed by atoms with Crippen molar-refractivity contribution in [2.24, 2.45) is 5.92 Å². The van der Waals surface area contributed by atoms with Crippen LogP contribution in [0.2, 0.25) is 0 Å². The van der Waals surface area contributed by atoms with Crippen molar-refractivity contribution in [3.05, 3.63) is 0 Å². The standard InChI is InChI=1S/C13H24N2O3/c1-4-7-15(8-12(16)14-3)13(17)10(2)18-9-11-5-6-11/h10-11H,4-9H2,1-3H3,(H,14,16). The van der Waals surface area contributed by atoms with Crippen LogP contribution >= 0.6 is 0 Å². The molecular formula is C13H24N2O3. The van der Waals surface area contributed by atoms with E-state index in [9.17, 15) is 9.59 Å². The maximum atomic E-state index is 12.1. The minimum atomic E-state index is -0.457. The molecule has 0 saturated heterocycles. The highest BCUT2D eigenvalue weighted by Crippen LogP contribution is 2.29. The predicted octanol–water partition coefficient (Wildman–Crippen LogP) is 0.786. The Morgan fingerprint density at radius 1 is 1.44 bits per heavy atom. The number of nitrogens with one attached hydrogen (secondary N) is 1. The van der Waals surface area contributed by atoms with Crippen LogP contribution in [0.15, 0.2) is 0 Å². The van der Waals surface area contributed by atoms with Gasteiger partial charge >= 0.3 is 0 Å². The van der Waals surface area contributed by atoms with Crippen LogP contribution in [0.3, 0.4) is 0 Å². The summed E-state index contributed by atoms with van der Waals surface area (Å²) < 4.78 is 5.55. The first-order valence-corrected chi connectivity index (χ1v) is 6.69. The van der Waals surface area contributed by atoms with Crippen molar-refractivity contribution >= 4 is 11.8 Å². The summed E-state index contributed by atoms with van der Waals surface area (Å²) in [7, 11) is 1.57. The Bertz CT molecular complexity index is 290. The molecule has 1 saturated carbocycles. The third-order valence-corrected chi connectivity index (χ3v) is 3.05. The van der Waals surface area contributed by atoms with E-state index < -0.39 is 6.10 Å². The van der Waals surface area contributed by atoms with E-state index in [0.717, 1.165) is 6.42 Å². The highest BCUT2D eigenvalue weighted by atomic mass is 16.5. The fourth-order valence-corrected chi connectivity index (χ4v) is 1.68. The summed E-state index contributed by atoms with van der Waals surface area (Å²) in [5.41, 5.74) is 0. The molecule has 1 atom stereocenters. The fraction of sp³-hybridized carbons (Fsp3) is 0.846. The molecule has 1 aliphatic carbocycles. The highest BCUT2D eigenvalue weighted by Gasteiger charge is 2.26. The summed E-state index contributed by atoms with van der Waals surface area (Å²) in [6.07, 6.45) is 2.79. The van der Waals surface area contributed by atoms with Gasteiger partial charge in [0.05, 0.1) is 13.2 Å². The first-order valence-electron chi connectivity index (χ1n) is 6.69. The Kier molecular flexibility index (Phi) is 6.12. The smallest absolute Gasteiger partial charge is 0.251 e.